The number of fused-ring (bicyclic) bond motifs is 1. The average Bonchev–Trinajstić information content (AvgIpc) is 3.41. The quantitative estimate of drug-likeness (QED) is 0.194. The molecule has 0 aliphatic heterocycles. The molecule has 0 saturated carbocycles. The minimum absolute atomic E-state index is 0.360. The predicted molar refractivity (Wildman–Crippen MR) is 152 cm³/mol. The van der Waals surface area contributed by atoms with Crippen LogP contribution in [0.3, 0.4) is 0 Å². The molecule has 0 aliphatic rings. The van der Waals surface area contributed by atoms with E-state index >= 15 is 0 Å². The molecule has 6 rings (SSSR count). The first-order valence-corrected chi connectivity index (χ1v) is 14.6. The topological polar surface area (TPSA) is 43.1 Å². The van der Waals surface area contributed by atoms with Gasteiger partial charge >= 0.3 is 5.63 Å². The Morgan fingerprint density at radius 3 is 1.81 bits per heavy atom. The largest absolute Gasteiger partial charge is 0.422 e. The molecule has 4 aromatic carbocycles. The monoisotopic (exact) mass is 504 g/mol. The van der Waals surface area contributed by atoms with E-state index in [2.05, 4.69) is 91.0 Å². The second kappa shape index (κ2) is 9.66. The Balaban J connectivity index is 1.50. The summed E-state index contributed by atoms with van der Waals surface area (Å²) in [5, 5.41) is 7.80. The van der Waals surface area contributed by atoms with Gasteiger partial charge in [-0.2, -0.15) is 0 Å². The molecule has 0 amide bonds. The van der Waals surface area contributed by atoms with Gasteiger partial charge in [0.2, 0.25) is 0 Å². The molecule has 2 heterocycles. The number of thiazole rings is 1. The molecule has 0 aliphatic carbocycles. The summed E-state index contributed by atoms with van der Waals surface area (Å²) in [6, 6.07) is 41.8. The first-order chi connectivity index (χ1) is 17.7. The third-order valence-corrected chi connectivity index (χ3v) is 11.8. The van der Waals surface area contributed by atoms with Crippen LogP contribution in [0.1, 0.15) is 5.01 Å². The summed E-state index contributed by atoms with van der Waals surface area (Å²) in [4.78, 5) is 17.8. The molecule has 0 saturated heterocycles. The molecule has 0 radical (unpaired) electrons. The standard InChI is InChI=1S/C31H23NO2PS/c33-31-27(20-23-12-10-11-19-29(23)34-31)28-22-36-30(32-28)21-35(24-13-4-1-5-14-24,25-15-6-2-7-16-25)26-17-8-3-9-18-26/h1-20,22H,21H2/q+1. The zero-order valence-corrected chi connectivity index (χ0v) is 21.2. The van der Waals surface area contributed by atoms with E-state index in [0.29, 0.717) is 16.8 Å². The zero-order valence-electron chi connectivity index (χ0n) is 19.5. The van der Waals surface area contributed by atoms with E-state index in [1.165, 1.54) is 15.9 Å². The lowest BCUT2D eigenvalue weighted by atomic mass is 10.1. The Morgan fingerprint density at radius 2 is 1.22 bits per heavy atom. The SMILES string of the molecule is O=c1oc2ccccc2cc1-c1csc(C[P+](c2ccccc2)(c2ccccc2)c2ccccc2)n1. The minimum atomic E-state index is -2.06. The Kier molecular flexibility index (Phi) is 6.06. The van der Waals surface area contributed by atoms with Gasteiger partial charge in [0, 0.05) is 10.8 Å². The fraction of sp³-hybridized carbons (Fsp3) is 0.0323. The molecule has 5 heteroatoms. The van der Waals surface area contributed by atoms with Crippen LogP contribution >= 0.6 is 18.6 Å². The third-order valence-electron chi connectivity index (χ3n) is 6.43. The van der Waals surface area contributed by atoms with Gasteiger partial charge in [0.15, 0.2) is 0 Å². The Hall–Kier alpha value is -3.85. The second-order valence-corrected chi connectivity index (χ2v) is 13.0. The summed E-state index contributed by atoms with van der Waals surface area (Å²) in [5.74, 6) is 0. The van der Waals surface area contributed by atoms with Crippen molar-refractivity contribution in [2.24, 2.45) is 0 Å². The number of para-hydroxylation sites is 1. The van der Waals surface area contributed by atoms with Gasteiger partial charge in [-0.05, 0) is 48.5 Å². The molecule has 174 valence electrons. The lowest BCUT2D eigenvalue weighted by molar-refractivity contribution is 0.563. The minimum Gasteiger partial charge on any atom is -0.422 e. The lowest BCUT2D eigenvalue weighted by Crippen LogP contribution is -2.32. The highest BCUT2D eigenvalue weighted by atomic mass is 32.1. The molecular formula is C31H23NO2PS+. The van der Waals surface area contributed by atoms with Crippen LogP contribution in [-0.4, -0.2) is 4.98 Å². The van der Waals surface area contributed by atoms with Gasteiger partial charge in [-0.3, -0.25) is 0 Å². The van der Waals surface area contributed by atoms with E-state index in [-0.39, 0.29) is 5.63 Å². The van der Waals surface area contributed by atoms with Crippen LogP contribution in [0, 0.1) is 0 Å². The second-order valence-electron chi connectivity index (χ2n) is 8.59. The van der Waals surface area contributed by atoms with Gasteiger partial charge < -0.3 is 4.42 Å². The van der Waals surface area contributed by atoms with Crippen molar-refractivity contribution in [3.63, 3.8) is 0 Å². The van der Waals surface area contributed by atoms with Crippen molar-refractivity contribution < 1.29 is 4.42 Å². The van der Waals surface area contributed by atoms with E-state index in [4.69, 9.17) is 9.40 Å². The molecule has 0 atom stereocenters. The summed E-state index contributed by atoms with van der Waals surface area (Å²) in [6.45, 7) is 0. The maximum Gasteiger partial charge on any atom is 0.345 e. The molecule has 0 spiro atoms. The molecule has 36 heavy (non-hydrogen) atoms. The van der Waals surface area contributed by atoms with E-state index in [1.54, 1.807) is 11.3 Å². The number of benzene rings is 4. The normalized spacial score (nSPS) is 11.6. The molecule has 0 fully saturated rings. The maximum absolute atomic E-state index is 12.8. The molecule has 2 aromatic heterocycles. The fourth-order valence-electron chi connectivity index (χ4n) is 4.72. The highest BCUT2D eigenvalue weighted by Gasteiger charge is 2.46. The van der Waals surface area contributed by atoms with Crippen molar-refractivity contribution in [3.8, 4) is 11.3 Å². The molecule has 0 bridgehead atoms. The maximum atomic E-state index is 12.8. The molecule has 6 aromatic rings. The number of rotatable bonds is 6. The van der Waals surface area contributed by atoms with Crippen molar-refractivity contribution in [1.82, 2.24) is 4.98 Å². The number of hydrogen-bond acceptors (Lipinski definition) is 4. The number of nitrogens with zero attached hydrogens (tertiary/aromatic N) is 1. The molecule has 3 nitrogen and oxygen atoms in total. The summed E-state index contributed by atoms with van der Waals surface area (Å²) < 4.78 is 5.58. The van der Waals surface area contributed by atoms with E-state index in [0.717, 1.165) is 16.6 Å². The van der Waals surface area contributed by atoms with Crippen LogP contribution in [0.2, 0.25) is 0 Å². The van der Waals surface area contributed by atoms with Crippen LogP contribution in [0.25, 0.3) is 22.2 Å². The number of hydrogen-bond donors (Lipinski definition) is 0. The first-order valence-electron chi connectivity index (χ1n) is 11.8. The van der Waals surface area contributed by atoms with Gasteiger partial charge in [0.1, 0.15) is 39.9 Å². The van der Waals surface area contributed by atoms with Crippen molar-refractivity contribution in [2.45, 2.75) is 6.16 Å². The predicted octanol–water partition coefficient (Wildman–Crippen LogP) is 6.41. The van der Waals surface area contributed by atoms with E-state index < -0.39 is 7.26 Å². The Bertz CT molecular complexity index is 1580. The summed E-state index contributed by atoms with van der Waals surface area (Å²) >= 11 is 1.61. The van der Waals surface area contributed by atoms with Crippen LogP contribution in [-0.2, 0) is 6.16 Å². The van der Waals surface area contributed by atoms with Crippen LogP contribution in [0.15, 0.2) is 136 Å². The number of aromatic nitrogens is 1. The Labute approximate surface area is 214 Å². The smallest absolute Gasteiger partial charge is 0.345 e. The Morgan fingerprint density at radius 1 is 0.694 bits per heavy atom. The lowest BCUT2D eigenvalue weighted by Gasteiger charge is -2.26. The highest BCUT2D eigenvalue weighted by Crippen LogP contribution is 2.58. The average molecular weight is 505 g/mol. The third kappa shape index (κ3) is 4.09. The molecule has 0 unspecified atom stereocenters. The summed E-state index contributed by atoms with van der Waals surface area (Å²) in [5.41, 5.74) is 1.39. The highest BCUT2D eigenvalue weighted by molar-refractivity contribution is 7.95. The summed E-state index contributed by atoms with van der Waals surface area (Å²) in [7, 11) is -2.06. The fourth-order valence-corrected chi connectivity index (χ4v) is 10.1. The van der Waals surface area contributed by atoms with Crippen LogP contribution < -0.4 is 21.5 Å². The van der Waals surface area contributed by atoms with Crippen molar-refractivity contribution in [3.05, 3.63) is 142 Å². The molecule has 0 N–H and O–H groups in total. The van der Waals surface area contributed by atoms with Crippen LogP contribution in [0.4, 0.5) is 0 Å². The van der Waals surface area contributed by atoms with Gasteiger partial charge in [0.05, 0.1) is 11.3 Å². The van der Waals surface area contributed by atoms with E-state index in [9.17, 15) is 4.79 Å². The van der Waals surface area contributed by atoms with Gasteiger partial charge in [-0.25, -0.2) is 9.78 Å². The van der Waals surface area contributed by atoms with Gasteiger partial charge in [-0.1, -0.05) is 72.8 Å². The van der Waals surface area contributed by atoms with Crippen molar-refractivity contribution in [1.29, 1.82) is 0 Å². The van der Waals surface area contributed by atoms with Crippen LogP contribution in [0.5, 0.6) is 0 Å². The van der Waals surface area contributed by atoms with Crippen molar-refractivity contribution >= 4 is 45.5 Å². The van der Waals surface area contributed by atoms with Gasteiger partial charge in [-0.15, -0.1) is 11.3 Å². The zero-order chi connectivity index (χ0) is 24.4. The molecular weight excluding hydrogens is 481 g/mol. The van der Waals surface area contributed by atoms with Crippen molar-refractivity contribution in [2.75, 3.05) is 0 Å². The van der Waals surface area contributed by atoms with Gasteiger partial charge in [0.25, 0.3) is 0 Å². The van der Waals surface area contributed by atoms with E-state index in [1.807, 2.05) is 35.7 Å². The summed E-state index contributed by atoms with van der Waals surface area (Å²) in [6.07, 6.45) is 0.772. The first kappa shape index (κ1) is 22.6.